The van der Waals surface area contributed by atoms with Crippen molar-refractivity contribution in [3.63, 3.8) is 0 Å². The quantitative estimate of drug-likeness (QED) is 0.836. The first-order valence-electron chi connectivity index (χ1n) is 7.24. The molecule has 1 atom stereocenters. The molecule has 1 heterocycles. The Bertz CT molecular complexity index is 663. The molecule has 1 unspecified atom stereocenters. The molecule has 21 heavy (non-hydrogen) atoms. The van der Waals surface area contributed by atoms with Crippen molar-refractivity contribution in [3.05, 3.63) is 64.7 Å². The van der Waals surface area contributed by atoms with Crippen LogP contribution in [0.2, 0.25) is 0 Å². The highest BCUT2D eigenvalue weighted by atomic mass is 35.5. The molecule has 108 valence electrons. The number of amides is 1. The van der Waals surface area contributed by atoms with Crippen LogP contribution in [-0.4, -0.2) is 5.91 Å². The Morgan fingerprint density at radius 3 is 2.67 bits per heavy atom. The van der Waals surface area contributed by atoms with Gasteiger partial charge in [-0.05, 0) is 42.5 Å². The van der Waals surface area contributed by atoms with Crippen molar-refractivity contribution in [2.75, 3.05) is 5.32 Å². The van der Waals surface area contributed by atoms with Crippen molar-refractivity contribution >= 4 is 23.2 Å². The molecule has 0 saturated carbocycles. The van der Waals surface area contributed by atoms with E-state index in [1.54, 1.807) is 0 Å². The zero-order valence-electron chi connectivity index (χ0n) is 12.0. The monoisotopic (exact) mass is 299 g/mol. The van der Waals surface area contributed by atoms with Crippen LogP contribution >= 0.6 is 11.6 Å². The summed E-state index contributed by atoms with van der Waals surface area (Å²) in [6.07, 6.45) is 2.16. The topological polar surface area (TPSA) is 29.1 Å². The van der Waals surface area contributed by atoms with Crippen LogP contribution in [-0.2, 0) is 17.6 Å². The molecule has 0 spiro atoms. The van der Waals surface area contributed by atoms with Crippen molar-refractivity contribution in [2.45, 2.75) is 31.6 Å². The molecule has 0 radical (unpaired) electrons. The minimum absolute atomic E-state index is 0.0457. The molecule has 1 aliphatic heterocycles. The Morgan fingerprint density at radius 2 is 1.90 bits per heavy atom. The van der Waals surface area contributed by atoms with Gasteiger partial charge in [0.15, 0.2) is 0 Å². The van der Waals surface area contributed by atoms with Crippen LogP contribution in [0.15, 0.2) is 42.5 Å². The average molecular weight is 300 g/mol. The van der Waals surface area contributed by atoms with E-state index in [0.29, 0.717) is 6.42 Å². The zero-order chi connectivity index (χ0) is 14.8. The molecule has 2 aromatic carbocycles. The van der Waals surface area contributed by atoms with Crippen LogP contribution in [0.4, 0.5) is 5.69 Å². The van der Waals surface area contributed by atoms with Crippen LogP contribution in [0.25, 0.3) is 0 Å². The summed E-state index contributed by atoms with van der Waals surface area (Å²) in [7, 11) is 0. The molecule has 1 amide bonds. The average Bonchev–Trinajstić information content (AvgIpc) is 2.49. The predicted octanol–water partition coefficient (Wildman–Crippen LogP) is 4.40. The Balaban J connectivity index is 1.77. The number of nitrogens with one attached hydrogen (secondary N) is 1. The third-order valence-electron chi connectivity index (χ3n) is 3.92. The van der Waals surface area contributed by atoms with Gasteiger partial charge in [0.05, 0.1) is 5.38 Å². The summed E-state index contributed by atoms with van der Waals surface area (Å²) >= 11 is 6.56. The van der Waals surface area contributed by atoms with E-state index in [1.807, 2.05) is 12.1 Å². The lowest BCUT2D eigenvalue weighted by Gasteiger charge is -2.19. The van der Waals surface area contributed by atoms with Gasteiger partial charge in [0.25, 0.3) is 0 Å². The summed E-state index contributed by atoms with van der Waals surface area (Å²) in [6, 6.07) is 14.6. The summed E-state index contributed by atoms with van der Waals surface area (Å²) < 4.78 is 0. The van der Waals surface area contributed by atoms with E-state index in [2.05, 4.69) is 42.6 Å². The number of alkyl halides is 1. The molecule has 0 aromatic heterocycles. The van der Waals surface area contributed by atoms with E-state index in [4.69, 9.17) is 11.6 Å². The van der Waals surface area contributed by atoms with Gasteiger partial charge < -0.3 is 5.32 Å². The molecular formula is C18H18ClNO. The lowest BCUT2D eigenvalue weighted by Crippen LogP contribution is -2.19. The van der Waals surface area contributed by atoms with Crippen molar-refractivity contribution in [1.82, 2.24) is 0 Å². The third kappa shape index (κ3) is 3.27. The third-order valence-corrected chi connectivity index (χ3v) is 4.33. The summed E-state index contributed by atoms with van der Waals surface area (Å²) in [5, 5.41) is 2.85. The molecule has 3 heteroatoms. The fourth-order valence-electron chi connectivity index (χ4n) is 2.65. The highest BCUT2D eigenvalue weighted by Gasteiger charge is 2.17. The number of aryl methyl sites for hydroxylation is 2. The second-order valence-electron chi connectivity index (χ2n) is 5.62. The number of halogens is 1. The molecular weight excluding hydrogens is 282 g/mol. The summed E-state index contributed by atoms with van der Waals surface area (Å²) in [5.41, 5.74) is 5.73. The second kappa shape index (κ2) is 5.90. The molecule has 2 nitrogen and oxygen atoms in total. The first-order valence-corrected chi connectivity index (χ1v) is 7.68. The van der Waals surface area contributed by atoms with Gasteiger partial charge in [0, 0.05) is 12.1 Å². The van der Waals surface area contributed by atoms with Crippen LogP contribution in [0.5, 0.6) is 0 Å². The van der Waals surface area contributed by atoms with E-state index >= 15 is 0 Å². The number of hydrogen-bond donors (Lipinski definition) is 1. The number of fused-ring (bicyclic) bond motifs is 1. The molecule has 1 aliphatic rings. The van der Waals surface area contributed by atoms with Crippen molar-refractivity contribution in [1.29, 1.82) is 0 Å². The molecule has 0 saturated heterocycles. The number of hydrogen-bond acceptors (Lipinski definition) is 1. The van der Waals surface area contributed by atoms with E-state index < -0.39 is 0 Å². The number of carbonyl (C=O) groups excluding carboxylic acids is 1. The van der Waals surface area contributed by atoms with E-state index in [9.17, 15) is 4.79 Å². The minimum atomic E-state index is -0.0457. The maximum Gasteiger partial charge on any atom is 0.224 e. The predicted molar refractivity (Wildman–Crippen MR) is 86.9 cm³/mol. The molecule has 3 rings (SSSR count). The summed E-state index contributed by atoms with van der Waals surface area (Å²) in [5.74, 6) is 0.0947. The zero-order valence-corrected chi connectivity index (χ0v) is 12.8. The molecule has 2 aromatic rings. The maximum absolute atomic E-state index is 11.4. The highest BCUT2D eigenvalue weighted by molar-refractivity contribution is 6.21. The van der Waals surface area contributed by atoms with Gasteiger partial charge >= 0.3 is 0 Å². The number of carbonyl (C=O) groups is 1. The van der Waals surface area contributed by atoms with E-state index in [1.165, 1.54) is 16.7 Å². The van der Waals surface area contributed by atoms with Crippen LogP contribution in [0.1, 0.15) is 34.1 Å². The Labute approximate surface area is 130 Å². The minimum Gasteiger partial charge on any atom is -0.326 e. The van der Waals surface area contributed by atoms with Crippen LogP contribution in [0, 0.1) is 6.92 Å². The smallest absolute Gasteiger partial charge is 0.224 e. The summed E-state index contributed by atoms with van der Waals surface area (Å²) in [4.78, 5) is 11.4. The van der Waals surface area contributed by atoms with Crippen molar-refractivity contribution < 1.29 is 4.79 Å². The van der Waals surface area contributed by atoms with Gasteiger partial charge in [-0.3, -0.25) is 4.79 Å². The first-order chi connectivity index (χ1) is 10.1. The van der Waals surface area contributed by atoms with Gasteiger partial charge in [-0.15, -0.1) is 11.6 Å². The first kappa shape index (κ1) is 14.2. The molecule has 0 fully saturated rings. The fourth-order valence-corrected chi connectivity index (χ4v) is 2.96. The lowest BCUT2D eigenvalue weighted by atomic mass is 9.97. The Morgan fingerprint density at radius 1 is 1.14 bits per heavy atom. The van der Waals surface area contributed by atoms with Gasteiger partial charge in [-0.25, -0.2) is 0 Å². The van der Waals surface area contributed by atoms with Gasteiger partial charge in [0.1, 0.15) is 0 Å². The Kier molecular flexibility index (Phi) is 3.98. The van der Waals surface area contributed by atoms with Gasteiger partial charge in [-0.1, -0.05) is 42.0 Å². The van der Waals surface area contributed by atoms with E-state index in [0.717, 1.165) is 24.1 Å². The molecule has 0 bridgehead atoms. The standard InChI is InChI=1S/C18H18ClNO/c1-12-2-4-13(5-3-12)10-16(19)14-6-8-17-15(11-14)7-9-18(21)20-17/h2-6,8,11,16H,7,9-10H2,1H3,(H,20,21). The number of benzene rings is 2. The van der Waals surface area contributed by atoms with Crippen molar-refractivity contribution in [3.8, 4) is 0 Å². The van der Waals surface area contributed by atoms with E-state index in [-0.39, 0.29) is 11.3 Å². The van der Waals surface area contributed by atoms with Crippen LogP contribution < -0.4 is 5.32 Å². The Hall–Kier alpha value is -1.80. The van der Waals surface area contributed by atoms with Gasteiger partial charge in [0.2, 0.25) is 5.91 Å². The summed E-state index contributed by atoms with van der Waals surface area (Å²) in [6.45, 7) is 2.08. The maximum atomic E-state index is 11.4. The second-order valence-corrected chi connectivity index (χ2v) is 6.15. The van der Waals surface area contributed by atoms with Crippen molar-refractivity contribution in [2.24, 2.45) is 0 Å². The molecule has 1 N–H and O–H groups in total. The normalized spacial score (nSPS) is 15.2. The number of rotatable bonds is 3. The number of anilines is 1. The lowest BCUT2D eigenvalue weighted by molar-refractivity contribution is -0.116. The fraction of sp³-hybridized carbons (Fsp3) is 0.278. The van der Waals surface area contributed by atoms with Gasteiger partial charge in [-0.2, -0.15) is 0 Å². The molecule has 0 aliphatic carbocycles. The highest BCUT2D eigenvalue weighted by Crippen LogP contribution is 2.30. The SMILES string of the molecule is Cc1ccc(CC(Cl)c2ccc3c(c2)CCC(=O)N3)cc1. The largest absolute Gasteiger partial charge is 0.326 e. The van der Waals surface area contributed by atoms with Crippen LogP contribution in [0.3, 0.4) is 0 Å².